The third-order valence-electron chi connectivity index (χ3n) is 5.55. The lowest BCUT2D eigenvalue weighted by molar-refractivity contribution is 0.00151. The van der Waals surface area contributed by atoms with E-state index in [9.17, 15) is 9.59 Å². The molecule has 2 unspecified atom stereocenters. The first-order chi connectivity index (χ1) is 12.8. The minimum Gasteiger partial charge on any atom is -0.444 e. The average Bonchev–Trinajstić information content (AvgIpc) is 2.89. The molecule has 27 heavy (non-hydrogen) atoms. The molecule has 0 saturated carbocycles. The number of hydrogen-bond acceptors (Lipinski definition) is 3. The maximum Gasteiger partial charge on any atom is 0.410 e. The van der Waals surface area contributed by atoms with Gasteiger partial charge in [-0.2, -0.15) is 0 Å². The molecule has 1 N–H and O–H groups in total. The van der Waals surface area contributed by atoms with Crippen LogP contribution in [-0.2, 0) is 4.74 Å². The number of nitrogens with zero attached hydrogens (tertiary/aromatic N) is 1. The Hall–Kier alpha value is -2.04. The van der Waals surface area contributed by atoms with Gasteiger partial charge in [-0.05, 0) is 77.3 Å². The topological polar surface area (TPSA) is 58.6 Å². The van der Waals surface area contributed by atoms with Crippen molar-refractivity contribution in [3.8, 4) is 0 Å². The first-order valence-electron chi connectivity index (χ1n) is 10.2. The van der Waals surface area contributed by atoms with E-state index >= 15 is 0 Å². The van der Waals surface area contributed by atoms with Crippen LogP contribution in [0.4, 0.5) is 4.79 Å². The molecule has 148 valence electrons. The molecule has 2 aliphatic rings. The highest BCUT2D eigenvalue weighted by atomic mass is 16.6. The summed E-state index contributed by atoms with van der Waals surface area (Å²) in [5, 5.41) is 3.01. The van der Waals surface area contributed by atoms with Gasteiger partial charge in [0, 0.05) is 24.2 Å². The highest BCUT2D eigenvalue weighted by Gasteiger charge is 2.44. The van der Waals surface area contributed by atoms with Gasteiger partial charge in [-0.15, -0.1) is 0 Å². The van der Waals surface area contributed by atoms with Gasteiger partial charge < -0.3 is 15.0 Å². The third kappa shape index (κ3) is 5.24. The zero-order valence-electron chi connectivity index (χ0n) is 16.7. The van der Waals surface area contributed by atoms with Crippen LogP contribution in [-0.4, -0.2) is 41.1 Å². The number of fused-ring (bicyclic) bond motifs is 2. The Morgan fingerprint density at radius 1 is 1.11 bits per heavy atom. The molecule has 0 aliphatic carbocycles. The summed E-state index contributed by atoms with van der Waals surface area (Å²) in [6.07, 6.45) is 6.23. The predicted octanol–water partition coefficient (Wildman–Crippen LogP) is 4.37. The number of amides is 2. The van der Waals surface area contributed by atoms with E-state index in [0.29, 0.717) is 30.1 Å². The second-order valence-corrected chi connectivity index (χ2v) is 8.87. The quantitative estimate of drug-likeness (QED) is 0.781. The molecule has 5 nitrogen and oxygen atoms in total. The molecule has 5 heteroatoms. The van der Waals surface area contributed by atoms with Gasteiger partial charge in [0.25, 0.3) is 5.91 Å². The van der Waals surface area contributed by atoms with Crippen molar-refractivity contribution in [1.82, 2.24) is 10.2 Å². The maximum absolute atomic E-state index is 12.5. The van der Waals surface area contributed by atoms with E-state index in [1.807, 2.05) is 56.0 Å². The Labute approximate surface area is 162 Å². The van der Waals surface area contributed by atoms with Crippen molar-refractivity contribution in [3.05, 3.63) is 35.9 Å². The van der Waals surface area contributed by atoms with E-state index in [4.69, 9.17) is 4.74 Å². The second-order valence-electron chi connectivity index (χ2n) is 8.87. The Balaban J connectivity index is 1.41. The number of carbonyl (C=O) groups is 2. The van der Waals surface area contributed by atoms with Crippen molar-refractivity contribution in [1.29, 1.82) is 0 Å². The second kappa shape index (κ2) is 8.32. The van der Waals surface area contributed by atoms with Crippen LogP contribution in [0.1, 0.15) is 69.7 Å². The van der Waals surface area contributed by atoms with Crippen LogP contribution in [0.15, 0.2) is 30.3 Å². The van der Waals surface area contributed by atoms with Crippen LogP contribution in [0, 0.1) is 5.92 Å². The molecule has 2 fully saturated rings. The summed E-state index contributed by atoms with van der Waals surface area (Å²) in [6.45, 7) is 6.46. The molecular formula is C22H32N2O3. The number of piperidine rings is 1. The highest BCUT2D eigenvalue weighted by molar-refractivity contribution is 5.94. The van der Waals surface area contributed by atoms with Gasteiger partial charge in [-0.25, -0.2) is 4.79 Å². The normalized spacial score (nSPS) is 24.6. The first-order valence-corrected chi connectivity index (χ1v) is 10.2. The third-order valence-corrected chi connectivity index (χ3v) is 5.55. The van der Waals surface area contributed by atoms with Crippen molar-refractivity contribution in [3.63, 3.8) is 0 Å². The van der Waals surface area contributed by atoms with Crippen LogP contribution >= 0.6 is 0 Å². The van der Waals surface area contributed by atoms with Crippen LogP contribution in [0.25, 0.3) is 0 Å². The zero-order valence-corrected chi connectivity index (χ0v) is 16.7. The largest absolute Gasteiger partial charge is 0.444 e. The van der Waals surface area contributed by atoms with Gasteiger partial charge in [0.05, 0.1) is 0 Å². The number of benzene rings is 1. The van der Waals surface area contributed by atoms with Gasteiger partial charge in [0.2, 0.25) is 0 Å². The lowest BCUT2D eigenvalue weighted by atomic mass is 9.87. The minimum atomic E-state index is -0.440. The fourth-order valence-corrected chi connectivity index (χ4v) is 4.42. The van der Waals surface area contributed by atoms with E-state index in [1.165, 1.54) is 0 Å². The van der Waals surface area contributed by atoms with Crippen LogP contribution in [0.2, 0.25) is 0 Å². The molecule has 1 aromatic rings. The Kier molecular flexibility index (Phi) is 6.08. The van der Waals surface area contributed by atoms with Crippen molar-refractivity contribution in [2.45, 2.75) is 77.0 Å². The van der Waals surface area contributed by atoms with Gasteiger partial charge in [-0.1, -0.05) is 18.2 Å². The zero-order chi connectivity index (χ0) is 19.4. The Morgan fingerprint density at radius 2 is 1.74 bits per heavy atom. The molecular weight excluding hydrogens is 340 g/mol. The predicted molar refractivity (Wildman–Crippen MR) is 106 cm³/mol. The van der Waals surface area contributed by atoms with Gasteiger partial charge in [0.1, 0.15) is 5.60 Å². The van der Waals surface area contributed by atoms with Crippen LogP contribution in [0.3, 0.4) is 0 Å². The number of nitrogens with one attached hydrogen (secondary N) is 1. The molecule has 1 aromatic carbocycles. The number of hydrogen-bond donors (Lipinski definition) is 1. The lowest BCUT2D eigenvalue weighted by Crippen LogP contribution is -2.48. The van der Waals surface area contributed by atoms with Crippen LogP contribution < -0.4 is 5.32 Å². The fourth-order valence-electron chi connectivity index (χ4n) is 4.42. The summed E-state index contributed by atoms with van der Waals surface area (Å²) in [5.74, 6) is 0.630. The average molecular weight is 373 g/mol. The van der Waals surface area contributed by atoms with Crippen LogP contribution in [0.5, 0.6) is 0 Å². The highest BCUT2D eigenvalue weighted by Crippen LogP contribution is 2.40. The van der Waals surface area contributed by atoms with Crippen molar-refractivity contribution in [2.75, 3.05) is 6.54 Å². The maximum atomic E-state index is 12.5. The van der Waals surface area contributed by atoms with E-state index in [-0.39, 0.29) is 12.0 Å². The number of rotatable bonds is 5. The molecule has 2 bridgehead atoms. The molecule has 2 atom stereocenters. The van der Waals surface area contributed by atoms with Gasteiger partial charge >= 0.3 is 6.09 Å². The standard InChI is InChI=1S/C22H32N2O3/c1-22(2,3)27-21(26)24-18-11-12-19(24)15-16(14-18)8-7-13-23-20(25)17-9-5-4-6-10-17/h4-6,9-10,16,18-19H,7-8,11-15H2,1-3H3,(H,23,25). The fraction of sp³-hybridized carbons (Fsp3) is 0.636. The van der Waals surface area contributed by atoms with E-state index in [1.54, 1.807) is 0 Å². The van der Waals surface area contributed by atoms with Crippen molar-refractivity contribution >= 4 is 12.0 Å². The number of carbonyl (C=O) groups excluding carboxylic acids is 2. The van der Waals surface area contributed by atoms with Gasteiger partial charge in [0.15, 0.2) is 0 Å². The smallest absolute Gasteiger partial charge is 0.410 e. The molecule has 3 rings (SSSR count). The molecule has 2 heterocycles. The summed E-state index contributed by atoms with van der Waals surface area (Å²) >= 11 is 0. The van der Waals surface area contributed by atoms with E-state index in [2.05, 4.69) is 5.32 Å². The number of ether oxygens (including phenoxy) is 1. The van der Waals surface area contributed by atoms with Crippen molar-refractivity contribution in [2.24, 2.45) is 5.92 Å². The van der Waals surface area contributed by atoms with E-state index < -0.39 is 5.60 Å². The molecule has 2 aliphatic heterocycles. The monoisotopic (exact) mass is 372 g/mol. The van der Waals surface area contributed by atoms with Gasteiger partial charge in [-0.3, -0.25) is 4.79 Å². The summed E-state index contributed by atoms with van der Waals surface area (Å²) in [5.41, 5.74) is 0.269. The SMILES string of the molecule is CC(C)(C)OC(=O)N1C2CCC1CC(CCCNC(=O)c1ccccc1)C2. The first kappa shape index (κ1) is 19.7. The summed E-state index contributed by atoms with van der Waals surface area (Å²) in [6, 6.07) is 9.98. The Morgan fingerprint density at radius 3 is 2.33 bits per heavy atom. The molecule has 0 aromatic heterocycles. The molecule has 2 saturated heterocycles. The lowest BCUT2D eigenvalue weighted by Gasteiger charge is -2.39. The summed E-state index contributed by atoms with van der Waals surface area (Å²) in [4.78, 5) is 26.6. The minimum absolute atomic E-state index is 0.00425. The molecule has 0 radical (unpaired) electrons. The Bertz CT molecular complexity index is 639. The van der Waals surface area contributed by atoms with Crippen molar-refractivity contribution < 1.29 is 14.3 Å². The summed E-state index contributed by atoms with van der Waals surface area (Å²) in [7, 11) is 0. The summed E-state index contributed by atoms with van der Waals surface area (Å²) < 4.78 is 5.60. The molecule has 0 spiro atoms. The van der Waals surface area contributed by atoms with E-state index in [0.717, 1.165) is 38.5 Å². The molecule has 2 amide bonds.